The Bertz CT molecular complexity index is 520. The first kappa shape index (κ1) is 14.1. The number of hydrogen-bond donors (Lipinski definition) is 2. The number of amides is 1. The summed E-state index contributed by atoms with van der Waals surface area (Å²) in [6.07, 6.45) is 3.92. The predicted molar refractivity (Wildman–Crippen MR) is 78.4 cm³/mol. The van der Waals surface area contributed by atoms with Gasteiger partial charge in [-0.1, -0.05) is 30.3 Å². The van der Waals surface area contributed by atoms with Gasteiger partial charge in [0.1, 0.15) is 0 Å². The SMILES string of the molecule is O=C(O)[C@@H]1C2CCC(CC2)[C@@H]1C(=O)NCc1ccccc1. The van der Waals surface area contributed by atoms with Crippen LogP contribution < -0.4 is 5.32 Å². The monoisotopic (exact) mass is 287 g/mol. The van der Waals surface area contributed by atoms with Crippen LogP contribution in [0.2, 0.25) is 0 Å². The highest BCUT2D eigenvalue weighted by molar-refractivity contribution is 5.85. The summed E-state index contributed by atoms with van der Waals surface area (Å²) in [4.78, 5) is 24.1. The molecule has 2 N–H and O–H groups in total. The Kier molecular flexibility index (Phi) is 3.95. The first-order chi connectivity index (χ1) is 10.2. The number of carbonyl (C=O) groups excluding carboxylic acids is 1. The lowest BCUT2D eigenvalue weighted by molar-refractivity contribution is -0.158. The van der Waals surface area contributed by atoms with Crippen LogP contribution in [-0.2, 0) is 16.1 Å². The zero-order valence-corrected chi connectivity index (χ0v) is 12.0. The summed E-state index contributed by atoms with van der Waals surface area (Å²) in [7, 11) is 0. The molecule has 0 saturated heterocycles. The largest absolute Gasteiger partial charge is 0.481 e. The Hall–Kier alpha value is -1.84. The second-order valence-electron chi connectivity index (χ2n) is 6.27. The predicted octanol–water partition coefficient (Wildman–Crippen LogP) is 2.44. The average molecular weight is 287 g/mol. The molecule has 3 aliphatic carbocycles. The summed E-state index contributed by atoms with van der Waals surface area (Å²) in [5, 5.41) is 12.4. The van der Waals surface area contributed by atoms with Crippen molar-refractivity contribution in [2.24, 2.45) is 23.7 Å². The van der Waals surface area contributed by atoms with Crippen LogP contribution in [-0.4, -0.2) is 17.0 Å². The summed E-state index contributed by atoms with van der Waals surface area (Å²) in [5.41, 5.74) is 1.04. The van der Waals surface area contributed by atoms with Gasteiger partial charge < -0.3 is 10.4 Å². The van der Waals surface area contributed by atoms with Gasteiger partial charge in [0.25, 0.3) is 0 Å². The molecule has 4 heteroatoms. The standard InChI is InChI=1S/C17H21NO3/c19-16(18-10-11-4-2-1-3-5-11)14-12-6-8-13(9-7-12)15(14)17(20)21/h1-5,12-15H,6-10H2,(H,18,19)(H,20,21)/t12?,13?,14-,15+/m0/s1. The fraction of sp³-hybridized carbons (Fsp3) is 0.529. The van der Waals surface area contributed by atoms with E-state index in [-0.39, 0.29) is 23.7 Å². The molecule has 0 spiro atoms. The fourth-order valence-corrected chi connectivity index (χ4v) is 4.08. The molecule has 0 radical (unpaired) electrons. The number of benzene rings is 1. The summed E-state index contributed by atoms with van der Waals surface area (Å²) < 4.78 is 0. The minimum Gasteiger partial charge on any atom is -0.481 e. The number of hydrogen-bond acceptors (Lipinski definition) is 2. The van der Waals surface area contributed by atoms with E-state index in [0.717, 1.165) is 31.2 Å². The summed E-state index contributed by atoms with van der Waals surface area (Å²) >= 11 is 0. The van der Waals surface area contributed by atoms with E-state index in [0.29, 0.717) is 6.54 Å². The van der Waals surface area contributed by atoms with E-state index in [1.54, 1.807) is 0 Å². The normalized spacial score (nSPS) is 30.9. The molecular formula is C17H21NO3. The molecule has 1 aromatic carbocycles. The first-order valence-corrected chi connectivity index (χ1v) is 7.71. The van der Waals surface area contributed by atoms with Crippen molar-refractivity contribution >= 4 is 11.9 Å². The van der Waals surface area contributed by atoms with Crippen molar-refractivity contribution < 1.29 is 14.7 Å². The zero-order chi connectivity index (χ0) is 14.8. The van der Waals surface area contributed by atoms with Crippen LogP contribution >= 0.6 is 0 Å². The maximum atomic E-state index is 12.5. The van der Waals surface area contributed by atoms with Crippen molar-refractivity contribution in [2.75, 3.05) is 0 Å². The van der Waals surface area contributed by atoms with Gasteiger partial charge in [-0.3, -0.25) is 9.59 Å². The van der Waals surface area contributed by atoms with Crippen LogP contribution in [0.1, 0.15) is 31.2 Å². The van der Waals surface area contributed by atoms with Gasteiger partial charge >= 0.3 is 5.97 Å². The summed E-state index contributed by atoms with van der Waals surface area (Å²) in [6.45, 7) is 0.472. The molecular weight excluding hydrogens is 266 g/mol. The molecule has 1 amide bonds. The Balaban J connectivity index is 1.69. The van der Waals surface area contributed by atoms with Gasteiger partial charge in [0, 0.05) is 6.54 Å². The van der Waals surface area contributed by atoms with E-state index in [4.69, 9.17) is 0 Å². The Labute approximate surface area is 124 Å². The molecule has 0 unspecified atom stereocenters. The Morgan fingerprint density at radius 1 is 1.00 bits per heavy atom. The van der Waals surface area contributed by atoms with E-state index in [1.807, 2.05) is 30.3 Å². The number of carboxylic acids is 1. The molecule has 1 aromatic rings. The third-order valence-corrected chi connectivity index (χ3v) is 5.12. The van der Waals surface area contributed by atoms with E-state index in [9.17, 15) is 14.7 Å². The molecule has 3 aliphatic rings. The van der Waals surface area contributed by atoms with Gasteiger partial charge in [-0.15, -0.1) is 0 Å². The quantitative estimate of drug-likeness (QED) is 0.894. The second kappa shape index (κ2) is 5.88. The zero-order valence-electron chi connectivity index (χ0n) is 12.0. The Morgan fingerprint density at radius 3 is 2.14 bits per heavy atom. The molecule has 2 atom stereocenters. The van der Waals surface area contributed by atoms with Crippen molar-refractivity contribution in [3.05, 3.63) is 35.9 Å². The smallest absolute Gasteiger partial charge is 0.307 e. The number of fused-ring (bicyclic) bond motifs is 3. The van der Waals surface area contributed by atoms with E-state index in [1.165, 1.54) is 0 Å². The summed E-state index contributed by atoms with van der Waals surface area (Å²) in [5.74, 6) is -1.30. The van der Waals surface area contributed by atoms with Gasteiger partial charge in [-0.05, 0) is 43.1 Å². The van der Waals surface area contributed by atoms with E-state index >= 15 is 0 Å². The first-order valence-electron chi connectivity index (χ1n) is 7.71. The number of nitrogens with one attached hydrogen (secondary N) is 1. The van der Waals surface area contributed by atoms with Crippen molar-refractivity contribution in [3.8, 4) is 0 Å². The Morgan fingerprint density at radius 2 is 1.57 bits per heavy atom. The third-order valence-electron chi connectivity index (χ3n) is 5.12. The molecule has 0 aromatic heterocycles. The van der Waals surface area contributed by atoms with Crippen LogP contribution in [0, 0.1) is 23.7 Å². The van der Waals surface area contributed by atoms with E-state index in [2.05, 4.69) is 5.32 Å². The topological polar surface area (TPSA) is 66.4 Å². The molecule has 3 fully saturated rings. The van der Waals surface area contributed by atoms with Crippen LogP contribution in [0.15, 0.2) is 30.3 Å². The van der Waals surface area contributed by atoms with Crippen molar-refractivity contribution in [1.82, 2.24) is 5.32 Å². The van der Waals surface area contributed by atoms with Gasteiger partial charge in [0.2, 0.25) is 5.91 Å². The fourth-order valence-electron chi connectivity index (χ4n) is 4.08. The third kappa shape index (κ3) is 2.80. The number of carbonyl (C=O) groups is 2. The molecule has 4 rings (SSSR count). The molecule has 21 heavy (non-hydrogen) atoms. The second-order valence-corrected chi connectivity index (χ2v) is 6.27. The molecule has 112 valence electrons. The molecule has 0 heterocycles. The van der Waals surface area contributed by atoms with Gasteiger partial charge in [0.15, 0.2) is 0 Å². The minimum absolute atomic E-state index is 0.0827. The average Bonchev–Trinajstić information content (AvgIpc) is 2.53. The van der Waals surface area contributed by atoms with Crippen molar-refractivity contribution in [2.45, 2.75) is 32.2 Å². The van der Waals surface area contributed by atoms with Crippen molar-refractivity contribution in [1.29, 1.82) is 0 Å². The number of carboxylic acid groups (broad SMARTS) is 1. The number of rotatable bonds is 4. The lowest BCUT2D eigenvalue weighted by Crippen LogP contribution is -2.50. The summed E-state index contributed by atoms with van der Waals surface area (Å²) in [6, 6.07) is 9.73. The highest BCUT2D eigenvalue weighted by atomic mass is 16.4. The highest BCUT2D eigenvalue weighted by Crippen LogP contribution is 2.49. The maximum Gasteiger partial charge on any atom is 0.307 e. The lowest BCUT2D eigenvalue weighted by atomic mass is 9.58. The molecule has 0 aliphatic heterocycles. The van der Waals surface area contributed by atoms with Crippen LogP contribution in [0.25, 0.3) is 0 Å². The van der Waals surface area contributed by atoms with Gasteiger partial charge in [-0.2, -0.15) is 0 Å². The van der Waals surface area contributed by atoms with Gasteiger partial charge in [0.05, 0.1) is 11.8 Å². The van der Waals surface area contributed by atoms with Crippen molar-refractivity contribution in [3.63, 3.8) is 0 Å². The highest BCUT2D eigenvalue weighted by Gasteiger charge is 2.50. The molecule has 3 saturated carbocycles. The molecule has 4 nitrogen and oxygen atoms in total. The van der Waals surface area contributed by atoms with Crippen LogP contribution in [0.3, 0.4) is 0 Å². The number of aliphatic carboxylic acids is 1. The van der Waals surface area contributed by atoms with Crippen LogP contribution in [0.5, 0.6) is 0 Å². The van der Waals surface area contributed by atoms with E-state index < -0.39 is 11.9 Å². The van der Waals surface area contributed by atoms with Gasteiger partial charge in [-0.25, -0.2) is 0 Å². The van der Waals surface area contributed by atoms with Crippen LogP contribution in [0.4, 0.5) is 0 Å². The maximum absolute atomic E-state index is 12.5. The molecule has 2 bridgehead atoms. The minimum atomic E-state index is -0.802. The lowest BCUT2D eigenvalue weighted by Gasteiger charge is -2.45.